The summed E-state index contributed by atoms with van der Waals surface area (Å²) in [4.78, 5) is 0. The molecule has 2 N–H and O–H groups in total. The van der Waals surface area contributed by atoms with Gasteiger partial charge in [0.25, 0.3) is 0 Å². The van der Waals surface area contributed by atoms with Gasteiger partial charge in [0.15, 0.2) is 11.5 Å². The molecule has 2 aliphatic heterocycles. The Bertz CT molecular complexity index is 1230. The van der Waals surface area contributed by atoms with Crippen LogP contribution in [0.1, 0.15) is 37.5 Å². The van der Waals surface area contributed by atoms with Gasteiger partial charge in [0.1, 0.15) is 11.5 Å². The van der Waals surface area contributed by atoms with Gasteiger partial charge in [0, 0.05) is 23.1 Å². The summed E-state index contributed by atoms with van der Waals surface area (Å²) < 4.78 is 12.1. The summed E-state index contributed by atoms with van der Waals surface area (Å²) >= 11 is 0. The van der Waals surface area contributed by atoms with Crippen LogP contribution < -0.4 is 14.8 Å². The van der Waals surface area contributed by atoms with Gasteiger partial charge in [0.2, 0.25) is 0 Å². The largest absolute Gasteiger partial charge is 0.504 e. The Morgan fingerprint density at radius 1 is 1.12 bits per heavy atom. The van der Waals surface area contributed by atoms with Crippen LogP contribution in [-0.2, 0) is 0 Å². The van der Waals surface area contributed by atoms with E-state index in [1.165, 1.54) is 11.1 Å². The van der Waals surface area contributed by atoms with Crippen LogP contribution in [0.4, 0.5) is 0 Å². The number of ether oxygens (including phenoxy) is 2. The molecule has 2 atom stereocenters. The highest BCUT2D eigenvalue weighted by Gasteiger charge is 2.41. The van der Waals surface area contributed by atoms with E-state index in [1.807, 2.05) is 18.2 Å². The molecule has 32 heavy (non-hydrogen) atoms. The third kappa shape index (κ3) is 3.26. The highest BCUT2D eigenvalue weighted by molar-refractivity contribution is 5.91. The van der Waals surface area contributed by atoms with Crippen LogP contribution in [0.2, 0.25) is 0 Å². The monoisotopic (exact) mass is 427 g/mol. The minimum absolute atomic E-state index is 0.0864. The molecule has 0 saturated carbocycles. The van der Waals surface area contributed by atoms with Crippen molar-refractivity contribution >= 4 is 11.6 Å². The van der Waals surface area contributed by atoms with Gasteiger partial charge in [-0.25, -0.2) is 0 Å². The molecule has 0 amide bonds. The zero-order valence-electron chi connectivity index (χ0n) is 19.2. The number of rotatable bonds is 2. The average Bonchev–Trinajstić information content (AvgIpc) is 2.74. The van der Waals surface area contributed by atoms with Crippen molar-refractivity contribution in [1.82, 2.24) is 5.32 Å². The van der Waals surface area contributed by atoms with Gasteiger partial charge in [0.05, 0.1) is 12.7 Å². The Morgan fingerprint density at radius 3 is 2.66 bits per heavy atom. The summed E-state index contributed by atoms with van der Waals surface area (Å²) in [5.74, 6) is 2.20. The van der Waals surface area contributed by atoms with E-state index in [9.17, 15) is 5.11 Å². The maximum absolute atomic E-state index is 10.5. The van der Waals surface area contributed by atoms with E-state index in [0.29, 0.717) is 11.5 Å². The van der Waals surface area contributed by atoms with Gasteiger partial charge in [-0.3, -0.25) is 0 Å². The molecule has 2 aromatic carbocycles. The predicted molar refractivity (Wildman–Crippen MR) is 129 cm³/mol. The SMILES string of the molecule is COc1c(O)ccc2c1C1=C(/C(=C/c3ccccc3C)O2)C2C(C)=CC(C)(C)NC2C=C1. The summed E-state index contributed by atoms with van der Waals surface area (Å²) in [6.07, 6.45) is 8.81. The van der Waals surface area contributed by atoms with Crippen molar-refractivity contribution in [1.29, 1.82) is 0 Å². The van der Waals surface area contributed by atoms with Crippen LogP contribution in [0.15, 0.2) is 71.5 Å². The fraction of sp³-hybridized carbons (Fsp3) is 0.286. The van der Waals surface area contributed by atoms with Crippen molar-refractivity contribution in [3.63, 3.8) is 0 Å². The maximum Gasteiger partial charge on any atom is 0.172 e. The van der Waals surface area contributed by atoms with Crippen molar-refractivity contribution in [2.24, 2.45) is 5.92 Å². The summed E-state index contributed by atoms with van der Waals surface area (Å²) in [7, 11) is 1.58. The first-order chi connectivity index (χ1) is 15.3. The molecule has 3 aliphatic rings. The lowest BCUT2D eigenvalue weighted by molar-refractivity contribution is 0.337. The van der Waals surface area contributed by atoms with Gasteiger partial charge in [-0.15, -0.1) is 0 Å². The number of methoxy groups -OCH3 is 1. The van der Waals surface area contributed by atoms with E-state index < -0.39 is 0 Å². The third-order valence-electron chi connectivity index (χ3n) is 6.58. The van der Waals surface area contributed by atoms with Gasteiger partial charge in [-0.1, -0.05) is 48.1 Å². The highest BCUT2D eigenvalue weighted by atomic mass is 16.5. The van der Waals surface area contributed by atoms with Crippen LogP contribution >= 0.6 is 0 Å². The van der Waals surface area contributed by atoms with Crippen LogP contribution in [0.25, 0.3) is 11.6 Å². The van der Waals surface area contributed by atoms with Crippen LogP contribution in [0.3, 0.4) is 0 Å². The van der Waals surface area contributed by atoms with E-state index >= 15 is 0 Å². The molecular weight excluding hydrogens is 398 g/mol. The second-order valence-electron chi connectivity index (χ2n) is 9.40. The van der Waals surface area contributed by atoms with Crippen LogP contribution in [0, 0.1) is 12.8 Å². The van der Waals surface area contributed by atoms with Gasteiger partial charge >= 0.3 is 0 Å². The van der Waals surface area contributed by atoms with Crippen molar-refractivity contribution in [3.05, 3.63) is 88.2 Å². The Hall–Kier alpha value is -3.24. The predicted octanol–water partition coefficient (Wildman–Crippen LogP) is 5.78. The molecule has 0 fully saturated rings. The fourth-order valence-electron chi connectivity index (χ4n) is 5.30. The fourth-order valence-corrected chi connectivity index (χ4v) is 5.30. The van der Waals surface area contributed by atoms with E-state index in [0.717, 1.165) is 28.0 Å². The third-order valence-corrected chi connectivity index (χ3v) is 6.58. The average molecular weight is 428 g/mol. The van der Waals surface area contributed by atoms with Gasteiger partial charge in [-0.2, -0.15) is 0 Å². The number of aromatic hydroxyl groups is 1. The van der Waals surface area contributed by atoms with Gasteiger partial charge < -0.3 is 19.9 Å². The summed E-state index contributed by atoms with van der Waals surface area (Å²) in [5.41, 5.74) is 6.49. The van der Waals surface area contributed by atoms with E-state index in [4.69, 9.17) is 9.47 Å². The summed E-state index contributed by atoms with van der Waals surface area (Å²) in [6, 6.07) is 11.9. The standard InChI is InChI=1S/C28H29NO3/c1-16-8-6-7-9-18(16)14-23-25-19(26-22(32-23)13-12-21(30)27(26)31-5)10-11-20-24(25)17(2)15-28(3,4)29-20/h6-15,20,24,29-30H,1-5H3/b23-14-. The van der Waals surface area contributed by atoms with Crippen LogP contribution in [0.5, 0.6) is 17.2 Å². The quantitative estimate of drug-likeness (QED) is 0.597. The molecule has 4 heteroatoms. The molecular formula is C28H29NO3. The summed E-state index contributed by atoms with van der Waals surface area (Å²) in [5, 5.41) is 14.2. The first-order valence-corrected chi connectivity index (χ1v) is 11.0. The van der Waals surface area contributed by atoms with Crippen molar-refractivity contribution in [2.75, 3.05) is 7.11 Å². The topological polar surface area (TPSA) is 50.7 Å². The number of phenolic OH excluding ortho intramolecular Hbond substituents is 1. The molecule has 2 aromatic rings. The Kier molecular flexibility index (Phi) is 4.79. The van der Waals surface area contributed by atoms with Crippen LogP contribution in [-0.4, -0.2) is 23.8 Å². The zero-order chi connectivity index (χ0) is 22.6. The van der Waals surface area contributed by atoms with E-state index in [2.05, 4.69) is 69.4 Å². The number of allylic oxidation sites excluding steroid dienone is 3. The normalized spacial score (nSPS) is 24.3. The molecule has 2 unspecified atom stereocenters. The molecule has 0 spiro atoms. The van der Waals surface area contributed by atoms with Crippen molar-refractivity contribution in [3.8, 4) is 17.2 Å². The molecule has 0 bridgehead atoms. The smallest absolute Gasteiger partial charge is 0.172 e. The van der Waals surface area contributed by atoms with E-state index in [1.54, 1.807) is 13.2 Å². The number of fused-ring (bicyclic) bond motifs is 4. The zero-order valence-corrected chi connectivity index (χ0v) is 19.2. The first kappa shape index (κ1) is 20.7. The second-order valence-corrected chi connectivity index (χ2v) is 9.40. The lowest BCUT2D eigenvalue weighted by atomic mass is 9.71. The lowest BCUT2D eigenvalue weighted by Crippen LogP contribution is -2.52. The van der Waals surface area contributed by atoms with E-state index in [-0.39, 0.29) is 23.2 Å². The number of phenols is 1. The number of aryl methyl sites for hydroxylation is 1. The number of benzene rings is 2. The number of hydrogen-bond acceptors (Lipinski definition) is 4. The molecule has 0 aromatic heterocycles. The molecule has 164 valence electrons. The van der Waals surface area contributed by atoms with Gasteiger partial charge in [-0.05, 0) is 62.6 Å². The molecule has 4 nitrogen and oxygen atoms in total. The molecule has 0 saturated heterocycles. The first-order valence-electron chi connectivity index (χ1n) is 11.0. The summed E-state index contributed by atoms with van der Waals surface area (Å²) in [6.45, 7) is 8.70. The van der Waals surface area contributed by atoms with Crippen molar-refractivity contribution < 1.29 is 14.6 Å². The number of nitrogens with one attached hydrogen (secondary N) is 1. The molecule has 2 heterocycles. The molecule has 1 aliphatic carbocycles. The minimum Gasteiger partial charge on any atom is -0.504 e. The highest BCUT2D eigenvalue weighted by Crippen LogP contribution is 2.52. The maximum atomic E-state index is 10.5. The Balaban J connectivity index is 1.79. The Labute approximate surface area is 189 Å². The molecule has 5 rings (SSSR count). The second kappa shape index (κ2) is 7.42. The Morgan fingerprint density at radius 2 is 1.91 bits per heavy atom. The molecule has 0 radical (unpaired) electrons. The minimum atomic E-state index is -0.0864. The lowest BCUT2D eigenvalue weighted by Gasteiger charge is -2.44. The van der Waals surface area contributed by atoms with Crippen molar-refractivity contribution in [2.45, 2.75) is 39.3 Å². The number of hydrogen-bond donors (Lipinski definition) is 2.